The van der Waals surface area contributed by atoms with Gasteiger partial charge in [0, 0.05) is 18.5 Å². The number of aldehydes is 1. The lowest BCUT2D eigenvalue weighted by Gasteiger charge is -2.32. The van der Waals surface area contributed by atoms with Crippen molar-refractivity contribution in [2.75, 3.05) is 13.6 Å². The summed E-state index contributed by atoms with van der Waals surface area (Å²) in [6, 6.07) is 8.52. The third-order valence-corrected chi connectivity index (χ3v) is 4.64. The van der Waals surface area contributed by atoms with Crippen LogP contribution in [0.3, 0.4) is 0 Å². The van der Waals surface area contributed by atoms with E-state index in [-0.39, 0.29) is 5.41 Å². The highest BCUT2D eigenvalue weighted by Crippen LogP contribution is 2.34. The van der Waals surface area contributed by atoms with Gasteiger partial charge in [-0.05, 0) is 37.9 Å². The maximum atomic E-state index is 11.7. The Kier molecular flexibility index (Phi) is 5.36. The molecule has 1 aliphatic carbocycles. The summed E-state index contributed by atoms with van der Waals surface area (Å²) in [4.78, 5) is 14.0. The molecule has 0 saturated heterocycles. The van der Waals surface area contributed by atoms with E-state index in [0.717, 1.165) is 25.9 Å². The van der Waals surface area contributed by atoms with Crippen molar-refractivity contribution in [1.82, 2.24) is 4.90 Å². The van der Waals surface area contributed by atoms with Crippen LogP contribution in [0.25, 0.3) is 0 Å². The van der Waals surface area contributed by atoms with Crippen molar-refractivity contribution in [2.24, 2.45) is 5.41 Å². The van der Waals surface area contributed by atoms with Crippen molar-refractivity contribution in [2.45, 2.75) is 52.0 Å². The Morgan fingerprint density at radius 1 is 1.15 bits per heavy atom. The second-order valence-corrected chi connectivity index (χ2v) is 6.49. The van der Waals surface area contributed by atoms with Crippen LogP contribution in [0, 0.1) is 12.3 Å². The number of hydrogen-bond acceptors (Lipinski definition) is 2. The molecule has 0 amide bonds. The van der Waals surface area contributed by atoms with Crippen molar-refractivity contribution < 1.29 is 4.79 Å². The highest BCUT2D eigenvalue weighted by atomic mass is 16.1. The normalized spacial score (nSPS) is 18.8. The average molecular weight is 273 g/mol. The summed E-state index contributed by atoms with van der Waals surface area (Å²) in [5, 5.41) is 0. The first kappa shape index (κ1) is 15.2. The molecule has 0 spiro atoms. The first-order chi connectivity index (χ1) is 9.65. The number of nitrogens with zero attached hydrogens (tertiary/aromatic N) is 1. The lowest BCUT2D eigenvalue weighted by Crippen LogP contribution is -2.36. The third-order valence-electron chi connectivity index (χ3n) is 4.64. The lowest BCUT2D eigenvalue weighted by molar-refractivity contribution is -0.118. The van der Waals surface area contributed by atoms with E-state index in [1.54, 1.807) is 0 Å². The quantitative estimate of drug-likeness (QED) is 0.597. The SMILES string of the molecule is Cc1ccccc1CN(C)CC1(C=O)CCCCCC1. The molecule has 0 heterocycles. The van der Waals surface area contributed by atoms with E-state index in [1.165, 1.54) is 43.1 Å². The number of rotatable bonds is 5. The largest absolute Gasteiger partial charge is 0.303 e. The van der Waals surface area contributed by atoms with E-state index >= 15 is 0 Å². The van der Waals surface area contributed by atoms with Crippen molar-refractivity contribution in [3.8, 4) is 0 Å². The molecule has 0 N–H and O–H groups in total. The molecular weight excluding hydrogens is 246 g/mol. The van der Waals surface area contributed by atoms with E-state index in [9.17, 15) is 4.79 Å². The fourth-order valence-electron chi connectivity index (χ4n) is 3.42. The van der Waals surface area contributed by atoms with Crippen LogP contribution in [-0.2, 0) is 11.3 Å². The smallest absolute Gasteiger partial charge is 0.127 e. The fraction of sp³-hybridized carbons (Fsp3) is 0.611. The number of carbonyl (C=O) groups is 1. The molecule has 1 aromatic carbocycles. The van der Waals surface area contributed by atoms with Gasteiger partial charge in [0.2, 0.25) is 0 Å². The summed E-state index contributed by atoms with van der Waals surface area (Å²) in [5.41, 5.74) is 2.60. The van der Waals surface area contributed by atoms with Gasteiger partial charge < -0.3 is 9.69 Å². The molecule has 1 aliphatic rings. The lowest BCUT2D eigenvalue weighted by atomic mass is 9.81. The summed E-state index contributed by atoms with van der Waals surface area (Å²) >= 11 is 0. The summed E-state index contributed by atoms with van der Waals surface area (Å²) in [7, 11) is 2.14. The number of aryl methyl sites for hydroxylation is 1. The molecule has 1 saturated carbocycles. The van der Waals surface area contributed by atoms with E-state index in [4.69, 9.17) is 0 Å². The van der Waals surface area contributed by atoms with Crippen molar-refractivity contribution in [1.29, 1.82) is 0 Å². The first-order valence-electron chi connectivity index (χ1n) is 7.85. The maximum Gasteiger partial charge on any atom is 0.127 e. The maximum absolute atomic E-state index is 11.7. The number of hydrogen-bond donors (Lipinski definition) is 0. The Balaban J connectivity index is 2.00. The molecule has 2 rings (SSSR count). The molecule has 0 aliphatic heterocycles. The standard InChI is InChI=1S/C18H27NO/c1-16-9-5-6-10-17(16)13-19(2)14-18(15-20)11-7-3-4-8-12-18/h5-6,9-10,15H,3-4,7-8,11-14H2,1-2H3. The van der Waals surface area contributed by atoms with Gasteiger partial charge in [0.05, 0.1) is 0 Å². The van der Waals surface area contributed by atoms with Gasteiger partial charge in [0.15, 0.2) is 0 Å². The molecule has 2 nitrogen and oxygen atoms in total. The number of carbonyl (C=O) groups excluding carboxylic acids is 1. The van der Waals surface area contributed by atoms with Crippen LogP contribution >= 0.6 is 0 Å². The molecular formula is C18H27NO. The van der Waals surface area contributed by atoms with Crippen LogP contribution in [0.1, 0.15) is 49.7 Å². The third kappa shape index (κ3) is 3.92. The van der Waals surface area contributed by atoms with Gasteiger partial charge in [0.1, 0.15) is 6.29 Å². The summed E-state index contributed by atoms with van der Waals surface area (Å²) in [6.45, 7) is 3.98. The van der Waals surface area contributed by atoms with Crippen molar-refractivity contribution >= 4 is 6.29 Å². The van der Waals surface area contributed by atoms with Crippen LogP contribution in [0.15, 0.2) is 24.3 Å². The molecule has 2 heteroatoms. The van der Waals surface area contributed by atoms with Gasteiger partial charge in [-0.25, -0.2) is 0 Å². The Morgan fingerprint density at radius 3 is 2.40 bits per heavy atom. The zero-order valence-electron chi connectivity index (χ0n) is 12.9. The minimum atomic E-state index is -0.103. The van der Waals surface area contributed by atoms with Gasteiger partial charge in [-0.15, -0.1) is 0 Å². The monoisotopic (exact) mass is 273 g/mol. The predicted molar refractivity (Wildman–Crippen MR) is 83.7 cm³/mol. The summed E-state index contributed by atoms with van der Waals surface area (Å²) in [5.74, 6) is 0. The minimum Gasteiger partial charge on any atom is -0.303 e. The van der Waals surface area contributed by atoms with Crippen LogP contribution in [0.5, 0.6) is 0 Å². The predicted octanol–water partition coefficient (Wildman–Crippen LogP) is 3.97. The van der Waals surface area contributed by atoms with Crippen molar-refractivity contribution in [3.05, 3.63) is 35.4 Å². The van der Waals surface area contributed by atoms with Crippen molar-refractivity contribution in [3.63, 3.8) is 0 Å². The van der Waals surface area contributed by atoms with Gasteiger partial charge >= 0.3 is 0 Å². The summed E-state index contributed by atoms with van der Waals surface area (Å²) < 4.78 is 0. The van der Waals surface area contributed by atoms with Gasteiger partial charge in [-0.2, -0.15) is 0 Å². The first-order valence-corrected chi connectivity index (χ1v) is 7.85. The highest BCUT2D eigenvalue weighted by Gasteiger charge is 2.31. The molecule has 110 valence electrons. The second kappa shape index (κ2) is 7.03. The van der Waals surface area contributed by atoms with E-state index in [0.29, 0.717) is 0 Å². The van der Waals surface area contributed by atoms with Gasteiger partial charge in [-0.3, -0.25) is 0 Å². The Labute approximate surface area is 123 Å². The Hall–Kier alpha value is -1.15. The molecule has 0 aromatic heterocycles. The molecule has 0 atom stereocenters. The summed E-state index contributed by atoms with van der Waals surface area (Å²) in [6.07, 6.45) is 8.36. The van der Waals surface area contributed by atoms with E-state index in [1.807, 2.05) is 0 Å². The Bertz CT molecular complexity index is 433. The molecule has 20 heavy (non-hydrogen) atoms. The van der Waals surface area contributed by atoms with E-state index in [2.05, 4.69) is 43.1 Å². The molecule has 0 unspecified atom stereocenters. The molecule has 0 radical (unpaired) electrons. The molecule has 1 fully saturated rings. The molecule has 0 bridgehead atoms. The zero-order chi connectivity index (χ0) is 14.4. The Morgan fingerprint density at radius 2 is 1.80 bits per heavy atom. The highest BCUT2D eigenvalue weighted by molar-refractivity contribution is 5.59. The average Bonchev–Trinajstić information content (AvgIpc) is 2.67. The van der Waals surface area contributed by atoms with Crippen LogP contribution in [0.2, 0.25) is 0 Å². The molecule has 1 aromatic rings. The zero-order valence-corrected chi connectivity index (χ0v) is 12.9. The van der Waals surface area contributed by atoms with Crippen LogP contribution < -0.4 is 0 Å². The van der Waals surface area contributed by atoms with E-state index < -0.39 is 0 Å². The second-order valence-electron chi connectivity index (χ2n) is 6.49. The van der Waals surface area contributed by atoms with Gasteiger partial charge in [0.25, 0.3) is 0 Å². The minimum absolute atomic E-state index is 0.103. The topological polar surface area (TPSA) is 20.3 Å². The van der Waals surface area contributed by atoms with Gasteiger partial charge in [-0.1, -0.05) is 49.9 Å². The van der Waals surface area contributed by atoms with Crippen LogP contribution in [0.4, 0.5) is 0 Å². The fourth-order valence-corrected chi connectivity index (χ4v) is 3.42. The van der Waals surface area contributed by atoms with Crippen LogP contribution in [-0.4, -0.2) is 24.8 Å². The number of benzene rings is 1.